The van der Waals surface area contributed by atoms with Crippen molar-refractivity contribution in [2.75, 3.05) is 26.2 Å². The van der Waals surface area contributed by atoms with Crippen LogP contribution < -0.4 is 0 Å². The first-order valence-corrected chi connectivity index (χ1v) is 8.66. The Morgan fingerprint density at radius 3 is 2.50 bits per heavy atom. The van der Waals surface area contributed by atoms with Crippen molar-refractivity contribution < 1.29 is 14.3 Å². The third kappa shape index (κ3) is 4.07. The van der Waals surface area contributed by atoms with Crippen LogP contribution in [0, 0.1) is 0 Å². The third-order valence-electron chi connectivity index (χ3n) is 4.27. The van der Waals surface area contributed by atoms with Crippen molar-refractivity contribution in [2.45, 2.75) is 51.6 Å². The quantitative estimate of drug-likeness (QED) is 0.900. The molecule has 3 rings (SSSR count). The van der Waals surface area contributed by atoms with E-state index in [0.717, 1.165) is 12.1 Å². The van der Waals surface area contributed by atoms with Crippen molar-refractivity contribution in [1.29, 1.82) is 0 Å². The lowest BCUT2D eigenvalue weighted by Crippen LogP contribution is -2.40. The SMILES string of the molecule is CC(C)(C)OC(=O)N1CCCN(C(=O)c2cc(C3CC3)[nH]n2)CC1. The molecule has 0 radical (unpaired) electrons. The standard InChI is InChI=1S/C17H26N4O3/c1-17(2,3)24-16(23)21-8-4-7-20(9-10-21)15(22)14-11-13(18-19-14)12-5-6-12/h11-12H,4-10H2,1-3H3,(H,18,19). The minimum absolute atomic E-state index is 0.0656. The van der Waals surface area contributed by atoms with Crippen LogP contribution in [0.4, 0.5) is 4.79 Å². The molecule has 1 aliphatic heterocycles. The average molecular weight is 334 g/mol. The molecule has 2 heterocycles. The van der Waals surface area contributed by atoms with Crippen molar-refractivity contribution >= 4 is 12.0 Å². The lowest BCUT2D eigenvalue weighted by Gasteiger charge is -2.26. The van der Waals surface area contributed by atoms with E-state index in [9.17, 15) is 9.59 Å². The third-order valence-corrected chi connectivity index (χ3v) is 4.27. The van der Waals surface area contributed by atoms with Gasteiger partial charge in [-0.25, -0.2) is 4.79 Å². The van der Waals surface area contributed by atoms with E-state index >= 15 is 0 Å². The van der Waals surface area contributed by atoms with Crippen molar-refractivity contribution in [3.63, 3.8) is 0 Å². The molecule has 0 spiro atoms. The summed E-state index contributed by atoms with van der Waals surface area (Å²) in [5.41, 5.74) is 1.03. The molecule has 1 saturated heterocycles. The zero-order chi connectivity index (χ0) is 17.3. The molecular formula is C17H26N4O3. The lowest BCUT2D eigenvalue weighted by molar-refractivity contribution is 0.0255. The van der Waals surface area contributed by atoms with Crippen molar-refractivity contribution in [3.8, 4) is 0 Å². The summed E-state index contributed by atoms with van der Waals surface area (Å²) < 4.78 is 5.42. The Bertz CT molecular complexity index is 616. The molecule has 1 aromatic heterocycles. The summed E-state index contributed by atoms with van der Waals surface area (Å²) in [5.74, 6) is 0.482. The van der Waals surface area contributed by atoms with Gasteiger partial charge in [-0.15, -0.1) is 0 Å². The Morgan fingerprint density at radius 2 is 1.83 bits per heavy atom. The molecule has 0 atom stereocenters. The first-order chi connectivity index (χ1) is 11.3. The van der Waals surface area contributed by atoms with E-state index < -0.39 is 5.60 Å². The van der Waals surface area contributed by atoms with Crippen molar-refractivity contribution in [1.82, 2.24) is 20.0 Å². The van der Waals surface area contributed by atoms with E-state index in [-0.39, 0.29) is 12.0 Å². The van der Waals surface area contributed by atoms with Crippen LogP contribution in [0.25, 0.3) is 0 Å². The van der Waals surface area contributed by atoms with Crippen LogP contribution in [0.5, 0.6) is 0 Å². The highest BCUT2D eigenvalue weighted by Crippen LogP contribution is 2.39. The van der Waals surface area contributed by atoms with Crippen LogP contribution in [-0.4, -0.2) is 63.8 Å². The van der Waals surface area contributed by atoms with Gasteiger partial charge in [0, 0.05) is 37.8 Å². The maximum Gasteiger partial charge on any atom is 0.410 e. The number of aromatic amines is 1. The fraction of sp³-hybridized carbons (Fsp3) is 0.706. The highest BCUT2D eigenvalue weighted by Gasteiger charge is 2.29. The Balaban J connectivity index is 1.58. The van der Waals surface area contributed by atoms with Crippen molar-refractivity contribution in [2.24, 2.45) is 0 Å². The zero-order valence-corrected chi connectivity index (χ0v) is 14.7. The number of nitrogens with zero attached hydrogens (tertiary/aromatic N) is 3. The van der Waals surface area contributed by atoms with Crippen LogP contribution in [0.1, 0.15) is 62.1 Å². The number of hydrogen-bond acceptors (Lipinski definition) is 4. The summed E-state index contributed by atoms with van der Waals surface area (Å²) >= 11 is 0. The van der Waals surface area contributed by atoms with Gasteiger partial charge in [-0.3, -0.25) is 9.89 Å². The van der Waals surface area contributed by atoms with E-state index in [1.54, 1.807) is 9.80 Å². The van der Waals surface area contributed by atoms with E-state index in [1.165, 1.54) is 12.8 Å². The molecule has 1 N–H and O–H groups in total. The van der Waals surface area contributed by atoms with Gasteiger partial charge >= 0.3 is 6.09 Å². The van der Waals surface area contributed by atoms with E-state index in [1.807, 2.05) is 26.8 Å². The Hall–Kier alpha value is -2.05. The van der Waals surface area contributed by atoms with E-state index in [2.05, 4.69) is 10.2 Å². The number of carbonyl (C=O) groups is 2. The summed E-state index contributed by atoms with van der Waals surface area (Å²) in [6.07, 6.45) is 2.77. The van der Waals surface area contributed by atoms with Gasteiger partial charge in [0.05, 0.1) is 0 Å². The van der Waals surface area contributed by atoms with Gasteiger partial charge in [0.2, 0.25) is 0 Å². The topological polar surface area (TPSA) is 78.5 Å². The number of H-pyrrole nitrogens is 1. The molecule has 2 aliphatic rings. The maximum atomic E-state index is 12.6. The maximum absolute atomic E-state index is 12.6. The van der Waals surface area contributed by atoms with Crippen LogP contribution in [0.3, 0.4) is 0 Å². The van der Waals surface area contributed by atoms with Gasteiger partial charge < -0.3 is 14.5 Å². The molecule has 0 aromatic carbocycles. The molecule has 0 unspecified atom stereocenters. The molecule has 1 aromatic rings. The van der Waals surface area contributed by atoms with Gasteiger partial charge in [-0.05, 0) is 46.1 Å². The average Bonchev–Trinajstić information content (AvgIpc) is 3.27. The summed E-state index contributed by atoms with van der Waals surface area (Å²) in [6, 6.07) is 1.87. The number of amides is 2. The normalized spacial score (nSPS) is 19.1. The minimum atomic E-state index is -0.507. The molecule has 0 bridgehead atoms. The molecule has 1 aliphatic carbocycles. The van der Waals surface area contributed by atoms with Crippen LogP contribution in [0.15, 0.2) is 6.07 Å². The predicted molar refractivity (Wildman–Crippen MR) is 88.9 cm³/mol. The van der Waals surface area contributed by atoms with E-state index in [4.69, 9.17) is 4.74 Å². The molecule has 132 valence electrons. The van der Waals surface area contributed by atoms with E-state index in [0.29, 0.717) is 37.8 Å². The molecule has 7 nitrogen and oxygen atoms in total. The lowest BCUT2D eigenvalue weighted by atomic mass is 10.2. The number of rotatable bonds is 2. The fourth-order valence-corrected chi connectivity index (χ4v) is 2.84. The summed E-state index contributed by atoms with van der Waals surface area (Å²) in [5, 5.41) is 7.14. The highest BCUT2D eigenvalue weighted by molar-refractivity contribution is 5.92. The smallest absolute Gasteiger partial charge is 0.410 e. The summed E-state index contributed by atoms with van der Waals surface area (Å²) in [4.78, 5) is 28.3. The van der Waals surface area contributed by atoms with Crippen molar-refractivity contribution in [3.05, 3.63) is 17.5 Å². The van der Waals surface area contributed by atoms with Crippen LogP contribution in [-0.2, 0) is 4.74 Å². The monoisotopic (exact) mass is 334 g/mol. The van der Waals surface area contributed by atoms with Gasteiger partial charge in [0.15, 0.2) is 0 Å². The molecule has 2 amide bonds. The number of aromatic nitrogens is 2. The first kappa shape index (κ1) is 16.8. The predicted octanol–water partition coefficient (Wildman–Crippen LogP) is 2.37. The zero-order valence-electron chi connectivity index (χ0n) is 14.7. The summed E-state index contributed by atoms with van der Waals surface area (Å²) in [6.45, 7) is 7.79. The number of ether oxygens (including phenoxy) is 1. The second-order valence-corrected chi connectivity index (χ2v) is 7.60. The first-order valence-electron chi connectivity index (χ1n) is 8.66. The number of hydrogen-bond donors (Lipinski definition) is 1. The Kier molecular flexibility index (Phi) is 4.51. The Labute approximate surface area is 142 Å². The number of carbonyl (C=O) groups excluding carboxylic acids is 2. The van der Waals surface area contributed by atoms with Crippen LogP contribution >= 0.6 is 0 Å². The van der Waals surface area contributed by atoms with Crippen LogP contribution in [0.2, 0.25) is 0 Å². The highest BCUT2D eigenvalue weighted by atomic mass is 16.6. The largest absolute Gasteiger partial charge is 0.444 e. The minimum Gasteiger partial charge on any atom is -0.444 e. The summed E-state index contributed by atoms with van der Waals surface area (Å²) in [7, 11) is 0. The van der Waals surface area contributed by atoms with Gasteiger partial charge in [-0.2, -0.15) is 5.10 Å². The molecule has 1 saturated carbocycles. The number of nitrogens with one attached hydrogen (secondary N) is 1. The van der Waals surface area contributed by atoms with Gasteiger partial charge in [-0.1, -0.05) is 0 Å². The molecule has 7 heteroatoms. The fourth-order valence-electron chi connectivity index (χ4n) is 2.84. The molecular weight excluding hydrogens is 308 g/mol. The second kappa shape index (κ2) is 6.45. The molecule has 24 heavy (non-hydrogen) atoms. The van der Waals surface area contributed by atoms with Gasteiger partial charge in [0.25, 0.3) is 5.91 Å². The Morgan fingerprint density at radius 1 is 1.17 bits per heavy atom. The molecule has 2 fully saturated rings. The second-order valence-electron chi connectivity index (χ2n) is 7.60. The van der Waals surface area contributed by atoms with Gasteiger partial charge in [0.1, 0.15) is 11.3 Å².